The second-order valence-corrected chi connectivity index (χ2v) is 2.84. The summed E-state index contributed by atoms with van der Waals surface area (Å²) in [6.45, 7) is 6.60. The van der Waals surface area contributed by atoms with Crippen LogP contribution in [0.2, 0.25) is 0 Å². The van der Waals surface area contributed by atoms with E-state index in [1.54, 1.807) is 0 Å². The monoisotopic (exact) mass is 232 g/mol. The molecule has 1 rings (SSSR count). The van der Waals surface area contributed by atoms with Crippen LogP contribution in [0.5, 0.6) is 0 Å². The van der Waals surface area contributed by atoms with E-state index in [-0.39, 0.29) is 12.4 Å². The molecule has 0 N–H and O–H groups in total. The molecule has 0 amide bonds. The van der Waals surface area contributed by atoms with Gasteiger partial charge in [-0.3, -0.25) is 0 Å². The van der Waals surface area contributed by atoms with Crippen LogP contribution in [0.4, 0.5) is 0 Å². The van der Waals surface area contributed by atoms with Crippen LogP contribution in [0.15, 0.2) is 18.7 Å². The molecule has 0 unspecified atom stereocenters. The average Bonchev–Trinajstić information content (AvgIpc) is 2.65. The Morgan fingerprint density at radius 1 is 1.36 bits per heavy atom. The van der Waals surface area contributed by atoms with E-state index in [2.05, 4.69) is 41.7 Å². The van der Waals surface area contributed by atoms with E-state index >= 15 is 0 Å². The van der Waals surface area contributed by atoms with Gasteiger partial charge in [-0.2, -0.15) is 0 Å². The maximum atomic E-state index is 8.17. The Balaban J connectivity index is 0. The zero-order chi connectivity index (χ0) is 10.1. The first-order valence-corrected chi connectivity index (χ1v) is 5.12. The second kappa shape index (κ2) is 10.9. The molecule has 0 bridgehead atoms. The van der Waals surface area contributed by atoms with Crippen molar-refractivity contribution in [1.29, 1.82) is 0 Å². The molecule has 1 radical (unpaired) electrons. The van der Waals surface area contributed by atoms with Gasteiger partial charge in [0.25, 0.3) is 0 Å². The van der Waals surface area contributed by atoms with Crippen LogP contribution in [0, 0.1) is 0 Å². The molecular formula is C9H18AlClN2O+. The molecule has 1 aromatic heterocycles. The molecule has 14 heavy (non-hydrogen) atoms. The summed E-state index contributed by atoms with van der Waals surface area (Å²) >= 11 is 1.17. The Morgan fingerprint density at radius 3 is 2.43 bits per heavy atom. The maximum absolute atomic E-state index is 8.17. The van der Waals surface area contributed by atoms with E-state index in [9.17, 15) is 0 Å². The molecule has 0 atom stereocenters. The molecule has 1 aromatic rings. The molecule has 0 aliphatic heterocycles. The fourth-order valence-corrected chi connectivity index (χ4v) is 1.10. The van der Waals surface area contributed by atoms with Gasteiger partial charge in [0.15, 0.2) is 0 Å². The van der Waals surface area contributed by atoms with E-state index in [1.807, 2.05) is 0 Å². The third-order valence-electron chi connectivity index (χ3n) is 1.88. The first-order chi connectivity index (χ1) is 6.36. The summed E-state index contributed by atoms with van der Waals surface area (Å²) in [7, 11) is 0. The van der Waals surface area contributed by atoms with Crippen molar-refractivity contribution < 1.29 is 8.37 Å². The van der Waals surface area contributed by atoms with Crippen LogP contribution >= 0.6 is 12.4 Å². The molecule has 0 spiro atoms. The Kier molecular flexibility index (Phi) is 12.7. The first-order valence-electron chi connectivity index (χ1n) is 4.65. The number of aromatic nitrogens is 2. The number of nitrogens with zero attached hydrogens (tertiary/aromatic N) is 2. The van der Waals surface area contributed by atoms with Crippen molar-refractivity contribution in [2.24, 2.45) is 0 Å². The summed E-state index contributed by atoms with van der Waals surface area (Å²) in [6, 6.07) is 0. The zero-order valence-corrected chi connectivity index (χ0v) is 10.8. The topological polar surface area (TPSA) is 25.9 Å². The molecule has 0 aliphatic carbocycles. The van der Waals surface area contributed by atoms with E-state index in [4.69, 9.17) is 3.80 Å². The third-order valence-corrected chi connectivity index (χ3v) is 1.88. The van der Waals surface area contributed by atoms with Gasteiger partial charge in [0.05, 0.1) is 13.1 Å². The fraction of sp³-hybridized carbons (Fsp3) is 0.667. The number of rotatable bonds is 4. The minimum atomic E-state index is 0. The van der Waals surface area contributed by atoms with E-state index in [0.717, 1.165) is 13.1 Å². The minimum absolute atomic E-state index is 0. The van der Waals surface area contributed by atoms with Crippen LogP contribution in [0.1, 0.15) is 26.7 Å². The van der Waals surface area contributed by atoms with Crippen molar-refractivity contribution in [3.63, 3.8) is 0 Å². The molecule has 0 saturated heterocycles. The van der Waals surface area contributed by atoms with Crippen molar-refractivity contribution in [2.75, 3.05) is 0 Å². The number of aryl methyl sites for hydroxylation is 2. The van der Waals surface area contributed by atoms with Crippen molar-refractivity contribution >= 4 is 28.6 Å². The Labute approximate surface area is 100 Å². The van der Waals surface area contributed by atoms with Gasteiger partial charge in [-0.05, 0) is 13.3 Å². The standard InChI is InChI=1S/C9H17N2.Al.ClH.O/c1-3-5-6-11-8-7-10(4-2)9-11;;;/h7-9H,3-6H2,1-2H3;;1H;/q+1;;;. The molecule has 0 aliphatic rings. The van der Waals surface area contributed by atoms with Gasteiger partial charge < -0.3 is 0 Å². The Bertz CT molecular complexity index is 230. The Hall–Kier alpha value is -0.168. The van der Waals surface area contributed by atoms with E-state index < -0.39 is 0 Å². The predicted octanol–water partition coefficient (Wildman–Crippen LogP) is 1.52. The van der Waals surface area contributed by atoms with Gasteiger partial charge in [-0.1, -0.05) is 13.3 Å². The number of imidazole rings is 1. The van der Waals surface area contributed by atoms with Crippen LogP contribution in [0.3, 0.4) is 0 Å². The average molecular weight is 233 g/mol. The summed E-state index contributed by atoms with van der Waals surface area (Å²) in [5, 5.41) is 0. The number of unbranched alkanes of at least 4 members (excludes halogenated alkanes) is 1. The molecule has 0 fully saturated rings. The molecule has 3 nitrogen and oxygen atoms in total. The van der Waals surface area contributed by atoms with Crippen molar-refractivity contribution in [1.82, 2.24) is 4.57 Å². The third kappa shape index (κ3) is 6.31. The normalized spacial score (nSPS) is 8.36. The summed E-state index contributed by atoms with van der Waals surface area (Å²) in [6.07, 6.45) is 8.97. The van der Waals surface area contributed by atoms with Crippen molar-refractivity contribution in [2.45, 2.75) is 39.8 Å². The van der Waals surface area contributed by atoms with Crippen LogP contribution < -0.4 is 4.57 Å². The SMILES string of the molecule is CCCC[n+]1ccn(CC)c1.Cl.[O]=[Al]. The van der Waals surface area contributed by atoms with Crippen molar-refractivity contribution in [3.05, 3.63) is 18.7 Å². The Morgan fingerprint density at radius 2 is 2.00 bits per heavy atom. The zero-order valence-electron chi connectivity index (χ0n) is 8.85. The van der Waals surface area contributed by atoms with E-state index in [1.165, 1.54) is 29.1 Å². The number of hydrogen-bond acceptors (Lipinski definition) is 1. The number of hydrogen-bond donors (Lipinski definition) is 0. The summed E-state index contributed by atoms with van der Waals surface area (Å²) < 4.78 is 12.6. The van der Waals surface area contributed by atoms with Gasteiger partial charge in [0, 0.05) is 0 Å². The van der Waals surface area contributed by atoms with Gasteiger partial charge in [-0.25, -0.2) is 9.13 Å². The molecule has 0 aromatic carbocycles. The van der Waals surface area contributed by atoms with Gasteiger partial charge >= 0.3 is 20.0 Å². The predicted molar refractivity (Wildman–Crippen MR) is 58.9 cm³/mol. The van der Waals surface area contributed by atoms with Crippen LogP contribution in [-0.2, 0) is 16.9 Å². The quantitative estimate of drug-likeness (QED) is 0.571. The first kappa shape index (κ1) is 16.3. The van der Waals surface area contributed by atoms with Crippen LogP contribution in [0.25, 0.3) is 0 Å². The molecule has 0 saturated carbocycles. The summed E-state index contributed by atoms with van der Waals surface area (Å²) in [4.78, 5) is 0. The van der Waals surface area contributed by atoms with Gasteiger partial charge in [0.2, 0.25) is 6.33 Å². The number of halogens is 1. The van der Waals surface area contributed by atoms with Gasteiger partial charge in [0.1, 0.15) is 12.4 Å². The molecule has 1 heterocycles. The van der Waals surface area contributed by atoms with Gasteiger partial charge in [-0.15, -0.1) is 12.4 Å². The van der Waals surface area contributed by atoms with Crippen LogP contribution in [-0.4, -0.2) is 20.8 Å². The van der Waals surface area contributed by atoms with Crippen molar-refractivity contribution in [3.8, 4) is 0 Å². The molecular weight excluding hydrogens is 215 g/mol. The molecule has 5 heteroatoms. The second-order valence-electron chi connectivity index (χ2n) is 2.84. The molecule has 79 valence electrons. The summed E-state index contributed by atoms with van der Waals surface area (Å²) in [5.41, 5.74) is 0. The fourth-order valence-electron chi connectivity index (χ4n) is 1.10. The van der Waals surface area contributed by atoms with E-state index in [0.29, 0.717) is 0 Å². The summed E-state index contributed by atoms with van der Waals surface area (Å²) in [5.74, 6) is 0.